The van der Waals surface area contributed by atoms with E-state index in [1.165, 1.54) is 19.2 Å². The first-order chi connectivity index (χ1) is 8.49. The molecule has 0 bridgehead atoms. The van der Waals surface area contributed by atoms with Crippen LogP contribution in [0.1, 0.15) is 6.92 Å². The van der Waals surface area contributed by atoms with Gasteiger partial charge in [-0.3, -0.25) is 9.59 Å². The lowest BCUT2D eigenvalue weighted by molar-refractivity contribution is -0.123. The summed E-state index contributed by atoms with van der Waals surface area (Å²) in [7, 11) is 0. The Balaban J connectivity index is 2.50. The molecule has 0 spiro atoms. The first kappa shape index (κ1) is 12.6. The average Bonchev–Trinajstić information content (AvgIpc) is 2.31. The molecule has 0 saturated carbocycles. The van der Waals surface area contributed by atoms with Gasteiger partial charge in [0.05, 0.1) is 10.7 Å². The molecule has 5 nitrogen and oxygen atoms in total. The lowest BCUT2D eigenvalue weighted by atomic mass is 10.1. The van der Waals surface area contributed by atoms with E-state index in [1.807, 2.05) is 0 Å². The molecule has 2 aromatic rings. The number of nitrogens with one attached hydrogen (secondary N) is 2. The number of H-pyrrole nitrogens is 1. The molecule has 1 heterocycles. The maximum absolute atomic E-state index is 11.5. The molecule has 1 atom stereocenters. The summed E-state index contributed by atoms with van der Waals surface area (Å²) >= 11 is 5.97. The normalized spacial score (nSPS) is 12.4. The third-order valence-corrected chi connectivity index (χ3v) is 2.81. The highest BCUT2D eigenvalue weighted by Crippen LogP contribution is 2.26. The van der Waals surface area contributed by atoms with Crippen LogP contribution in [0.25, 0.3) is 10.8 Å². The summed E-state index contributed by atoms with van der Waals surface area (Å²) in [5, 5.41) is 13.0. The maximum Gasteiger partial charge on any atom is 0.255 e. The molecule has 94 valence electrons. The molecule has 2 rings (SSSR count). The van der Waals surface area contributed by atoms with Crippen molar-refractivity contribution in [2.75, 3.05) is 5.32 Å². The van der Waals surface area contributed by atoms with Crippen molar-refractivity contribution in [2.24, 2.45) is 0 Å². The van der Waals surface area contributed by atoms with Gasteiger partial charge in [0.2, 0.25) is 0 Å². The van der Waals surface area contributed by atoms with E-state index in [4.69, 9.17) is 16.7 Å². The van der Waals surface area contributed by atoms with Gasteiger partial charge >= 0.3 is 0 Å². The molecular formula is C12H11ClN2O3. The summed E-state index contributed by atoms with van der Waals surface area (Å²) in [4.78, 5) is 25.4. The Morgan fingerprint density at radius 2 is 2.22 bits per heavy atom. The Labute approximate surface area is 107 Å². The molecule has 0 aliphatic heterocycles. The van der Waals surface area contributed by atoms with Gasteiger partial charge in [0.25, 0.3) is 11.5 Å². The van der Waals surface area contributed by atoms with Crippen molar-refractivity contribution in [3.8, 4) is 0 Å². The van der Waals surface area contributed by atoms with Crippen molar-refractivity contribution < 1.29 is 9.90 Å². The summed E-state index contributed by atoms with van der Waals surface area (Å²) in [5.41, 5.74) is 0.114. The molecule has 1 aromatic carbocycles. The third-order valence-electron chi connectivity index (χ3n) is 2.50. The summed E-state index contributed by atoms with van der Waals surface area (Å²) in [6.45, 7) is 1.36. The second-order valence-corrected chi connectivity index (χ2v) is 4.30. The largest absolute Gasteiger partial charge is 0.384 e. The van der Waals surface area contributed by atoms with E-state index in [9.17, 15) is 9.59 Å². The zero-order chi connectivity index (χ0) is 13.3. The molecular weight excluding hydrogens is 256 g/mol. The van der Waals surface area contributed by atoms with Gasteiger partial charge in [-0.25, -0.2) is 0 Å². The zero-order valence-electron chi connectivity index (χ0n) is 9.53. The number of fused-ring (bicyclic) bond motifs is 1. The molecule has 0 aliphatic rings. The first-order valence-corrected chi connectivity index (χ1v) is 5.66. The van der Waals surface area contributed by atoms with Gasteiger partial charge in [-0.1, -0.05) is 11.6 Å². The summed E-state index contributed by atoms with van der Waals surface area (Å²) < 4.78 is 0. The smallest absolute Gasteiger partial charge is 0.255 e. The number of pyridine rings is 1. The lowest BCUT2D eigenvalue weighted by Gasteiger charge is -2.09. The number of halogens is 1. The van der Waals surface area contributed by atoms with Crippen molar-refractivity contribution in [1.82, 2.24) is 4.98 Å². The first-order valence-electron chi connectivity index (χ1n) is 5.29. The molecule has 1 aromatic heterocycles. The van der Waals surface area contributed by atoms with Gasteiger partial charge < -0.3 is 15.4 Å². The minimum Gasteiger partial charge on any atom is -0.384 e. The molecule has 0 unspecified atom stereocenters. The highest BCUT2D eigenvalue weighted by atomic mass is 35.5. The van der Waals surface area contributed by atoms with Crippen LogP contribution in [0, 0.1) is 0 Å². The Bertz CT molecular complexity index is 664. The monoisotopic (exact) mass is 266 g/mol. The number of hydrogen-bond acceptors (Lipinski definition) is 3. The van der Waals surface area contributed by atoms with E-state index in [0.717, 1.165) is 0 Å². The Morgan fingerprint density at radius 1 is 1.50 bits per heavy atom. The number of hydrogen-bond donors (Lipinski definition) is 3. The SMILES string of the molecule is C[C@H](O)C(=O)Nc1cc2cc[nH]c(=O)c2cc1Cl. The fourth-order valence-corrected chi connectivity index (χ4v) is 1.75. The minimum atomic E-state index is -1.13. The van der Waals surface area contributed by atoms with Gasteiger partial charge in [0.1, 0.15) is 6.10 Å². The van der Waals surface area contributed by atoms with E-state index < -0.39 is 12.0 Å². The summed E-state index contributed by atoms with van der Waals surface area (Å²) in [5.74, 6) is -0.555. The number of amides is 1. The minimum absolute atomic E-state index is 0.244. The van der Waals surface area contributed by atoms with Crippen LogP contribution < -0.4 is 10.9 Å². The van der Waals surface area contributed by atoms with E-state index in [2.05, 4.69) is 10.3 Å². The van der Waals surface area contributed by atoms with Crippen LogP contribution in [0.5, 0.6) is 0 Å². The van der Waals surface area contributed by atoms with Gasteiger partial charge in [0, 0.05) is 11.6 Å². The fraction of sp³-hybridized carbons (Fsp3) is 0.167. The lowest BCUT2D eigenvalue weighted by Crippen LogP contribution is -2.24. The number of aliphatic hydroxyl groups is 1. The average molecular weight is 267 g/mol. The van der Waals surface area contributed by atoms with Crippen LogP contribution in [0.4, 0.5) is 5.69 Å². The van der Waals surface area contributed by atoms with Crippen LogP contribution in [0.2, 0.25) is 5.02 Å². The van der Waals surface area contributed by atoms with Crippen LogP contribution in [-0.2, 0) is 4.79 Å². The number of rotatable bonds is 2. The quantitative estimate of drug-likeness (QED) is 0.770. The summed E-state index contributed by atoms with van der Waals surface area (Å²) in [6, 6.07) is 4.77. The predicted molar refractivity (Wildman–Crippen MR) is 69.9 cm³/mol. The predicted octanol–water partition coefficient (Wildman–Crippen LogP) is 1.50. The van der Waals surface area contributed by atoms with Gasteiger partial charge in [-0.05, 0) is 30.5 Å². The second-order valence-electron chi connectivity index (χ2n) is 3.89. The molecule has 0 radical (unpaired) electrons. The van der Waals surface area contributed by atoms with Crippen LogP contribution >= 0.6 is 11.6 Å². The van der Waals surface area contributed by atoms with Gasteiger partial charge in [-0.15, -0.1) is 0 Å². The van der Waals surface area contributed by atoms with Crippen molar-refractivity contribution >= 4 is 34.0 Å². The molecule has 1 amide bonds. The Kier molecular flexibility index (Phi) is 3.36. The number of aromatic nitrogens is 1. The van der Waals surface area contributed by atoms with Crippen molar-refractivity contribution in [3.63, 3.8) is 0 Å². The zero-order valence-corrected chi connectivity index (χ0v) is 10.3. The Hall–Kier alpha value is -1.85. The van der Waals surface area contributed by atoms with E-state index in [-0.39, 0.29) is 10.6 Å². The number of benzene rings is 1. The number of carbonyl (C=O) groups excluding carboxylic acids is 1. The van der Waals surface area contributed by atoms with E-state index in [0.29, 0.717) is 16.5 Å². The maximum atomic E-state index is 11.5. The van der Waals surface area contributed by atoms with E-state index in [1.54, 1.807) is 12.1 Å². The van der Waals surface area contributed by atoms with Crippen molar-refractivity contribution in [1.29, 1.82) is 0 Å². The third kappa shape index (κ3) is 2.37. The van der Waals surface area contributed by atoms with Crippen LogP contribution in [-0.4, -0.2) is 22.1 Å². The molecule has 0 fully saturated rings. The molecule has 6 heteroatoms. The van der Waals surface area contributed by atoms with Gasteiger partial charge in [0.15, 0.2) is 0 Å². The van der Waals surface area contributed by atoms with Crippen LogP contribution in [0.3, 0.4) is 0 Å². The summed E-state index contributed by atoms with van der Waals surface area (Å²) in [6.07, 6.45) is 0.384. The number of aromatic amines is 1. The van der Waals surface area contributed by atoms with Crippen LogP contribution in [0.15, 0.2) is 29.2 Å². The van der Waals surface area contributed by atoms with Crippen molar-refractivity contribution in [3.05, 3.63) is 39.8 Å². The molecule has 0 saturated heterocycles. The molecule has 0 aliphatic carbocycles. The highest BCUT2D eigenvalue weighted by Gasteiger charge is 2.12. The molecule has 3 N–H and O–H groups in total. The van der Waals surface area contributed by atoms with E-state index >= 15 is 0 Å². The fourth-order valence-electron chi connectivity index (χ4n) is 1.54. The standard InChI is InChI=1S/C12H11ClN2O3/c1-6(16)11(17)15-10-4-7-2-3-14-12(18)8(7)5-9(10)13/h2-6,16H,1H3,(H,14,18)(H,15,17)/t6-/m0/s1. The second kappa shape index (κ2) is 4.80. The van der Waals surface area contributed by atoms with Crippen molar-refractivity contribution in [2.45, 2.75) is 13.0 Å². The Morgan fingerprint density at radius 3 is 2.89 bits per heavy atom. The topological polar surface area (TPSA) is 82.2 Å². The number of aliphatic hydroxyl groups excluding tert-OH is 1. The number of anilines is 1. The molecule has 18 heavy (non-hydrogen) atoms. The highest BCUT2D eigenvalue weighted by molar-refractivity contribution is 6.34. The number of carbonyl (C=O) groups is 1. The van der Waals surface area contributed by atoms with Gasteiger partial charge in [-0.2, -0.15) is 0 Å².